The van der Waals surface area contributed by atoms with Gasteiger partial charge in [0.25, 0.3) is 10.0 Å². The molecule has 0 saturated carbocycles. The quantitative estimate of drug-likeness (QED) is 0.847. The number of hydrogen-bond donors (Lipinski definition) is 2. The molecule has 0 saturated heterocycles. The summed E-state index contributed by atoms with van der Waals surface area (Å²) < 4.78 is 53.5. The Morgan fingerprint density at radius 3 is 2.43 bits per heavy atom. The molecule has 2 aromatic rings. The molecule has 0 aromatic heterocycles. The van der Waals surface area contributed by atoms with Crippen molar-refractivity contribution >= 4 is 33.0 Å². The molecule has 112 valence electrons. The van der Waals surface area contributed by atoms with Crippen molar-refractivity contribution in [1.82, 2.24) is 0 Å². The van der Waals surface area contributed by atoms with E-state index in [2.05, 4.69) is 4.72 Å². The molecule has 2 rings (SSSR count). The molecular weight excluding hydrogens is 322 g/mol. The fourth-order valence-corrected chi connectivity index (χ4v) is 3.22. The third-order valence-corrected chi connectivity index (χ3v) is 4.50. The largest absolute Gasteiger partial charge is 0.396 e. The van der Waals surface area contributed by atoms with E-state index in [0.29, 0.717) is 0 Å². The van der Waals surface area contributed by atoms with Crippen LogP contribution in [0.25, 0.3) is 0 Å². The fourth-order valence-electron chi connectivity index (χ4n) is 1.73. The van der Waals surface area contributed by atoms with Crippen molar-refractivity contribution < 1.29 is 17.2 Å². The molecule has 8 heteroatoms. The Kier molecular flexibility index (Phi) is 4.06. The summed E-state index contributed by atoms with van der Waals surface area (Å²) in [6.45, 7) is 1.41. The van der Waals surface area contributed by atoms with Gasteiger partial charge in [0.2, 0.25) is 0 Å². The second-order valence-corrected chi connectivity index (χ2v) is 6.46. The van der Waals surface area contributed by atoms with Gasteiger partial charge in [0.15, 0.2) is 0 Å². The van der Waals surface area contributed by atoms with E-state index >= 15 is 0 Å². The Morgan fingerprint density at radius 2 is 1.81 bits per heavy atom. The van der Waals surface area contributed by atoms with Gasteiger partial charge < -0.3 is 5.73 Å². The minimum absolute atomic E-state index is 0.137. The predicted molar refractivity (Wildman–Crippen MR) is 77.8 cm³/mol. The van der Waals surface area contributed by atoms with E-state index in [0.717, 1.165) is 18.2 Å². The molecular formula is C13H11ClF2N2O2S. The van der Waals surface area contributed by atoms with E-state index < -0.39 is 21.7 Å². The first-order chi connectivity index (χ1) is 9.70. The smallest absolute Gasteiger partial charge is 0.262 e. The van der Waals surface area contributed by atoms with E-state index in [4.69, 9.17) is 17.3 Å². The molecule has 0 amide bonds. The van der Waals surface area contributed by atoms with Crippen molar-refractivity contribution in [1.29, 1.82) is 0 Å². The lowest BCUT2D eigenvalue weighted by atomic mass is 10.2. The fraction of sp³-hybridized carbons (Fsp3) is 0.0769. The van der Waals surface area contributed by atoms with Gasteiger partial charge in [-0.25, -0.2) is 17.2 Å². The Hall–Kier alpha value is -1.86. The summed E-state index contributed by atoms with van der Waals surface area (Å²) in [6.07, 6.45) is 0. The molecule has 0 radical (unpaired) electrons. The molecule has 0 heterocycles. The number of aryl methyl sites for hydroxylation is 1. The molecule has 0 aliphatic rings. The number of rotatable bonds is 3. The van der Waals surface area contributed by atoms with Gasteiger partial charge in [-0.05, 0) is 42.8 Å². The third kappa shape index (κ3) is 3.25. The molecule has 3 N–H and O–H groups in total. The second-order valence-electron chi connectivity index (χ2n) is 4.37. The Labute approximate surface area is 125 Å². The van der Waals surface area contributed by atoms with Crippen LogP contribution in [0.2, 0.25) is 5.02 Å². The van der Waals surface area contributed by atoms with E-state index in [1.807, 2.05) is 0 Å². The summed E-state index contributed by atoms with van der Waals surface area (Å²) >= 11 is 5.59. The number of benzene rings is 2. The van der Waals surface area contributed by atoms with Crippen molar-refractivity contribution in [2.45, 2.75) is 11.8 Å². The topological polar surface area (TPSA) is 72.2 Å². The van der Waals surface area contributed by atoms with Crippen LogP contribution in [0, 0.1) is 18.6 Å². The minimum Gasteiger partial charge on any atom is -0.396 e. The van der Waals surface area contributed by atoms with Crippen LogP contribution in [0.4, 0.5) is 20.2 Å². The highest BCUT2D eigenvalue weighted by atomic mass is 35.5. The first-order valence-electron chi connectivity index (χ1n) is 5.74. The monoisotopic (exact) mass is 332 g/mol. The molecule has 21 heavy (non-hydrogen) atoms. The molecule has 0 bridgehead atoms. The number of nitrogens with one attached hydrogen (secondary N) is 1. The first-order valence-corrected chi connectivity index (χ1v) is 7.60. The summed E-state index contributed by atoms with van der Waals surface area (Å²) in [5.41, 5.74) is 4.96. The molecule has 0 aliphatic heterocycles. The second kappa shape index (κ2) is 5.50. The number of sulfonamides is 1. The standard InChI is InChI=1S/C13H11ClF2N2O2S/c1-7-4-9(15)11(17)6-13(7)21(19,20)18-12-3-2-8(14)5-10(12)16/h2-6,18H,17H2,1H3. The predicted octanol–water partition coefficient (Wildman–Crippen LogP) is 3.31. The van der Waals surface area contributed by atoms with Crippen LogP contribution in [0.15, 0.2) is 35.2 Å². The van der Waals surface area contributed by atoms with Crippen LogP contribution < -0.4 is 10.5 Å². The van der Waals surface area contributed by atoms with E-state index in [-0.39, 0.29) is 26.9 Å². The Balaban J connectivity index is 2.46. The molecule has 0 aliphatic carbocycles. The van der Waals surface area contributed by atoms with Gasteiger partial charge >= 0.3 is 0 Å². The highest BCUT2D eigenvalue weighted by Crippen LogP contribution is 2.26. The molecule has 0 spiro atoms. The van der Waals surface area contributed by atoms with Crippen LogP contribution in [0.5, 0.6) is 0 Å². The van der Waals surface area contributed by atoms with Gasteiger partial charge in [0.1, 0.15) is 11.6 Å². The molecule has 0 unspecified atom stereocenters. The van der Waals surface area contributed by atoms with Gasteiger partial charge in [-0.2, -0.15) is 0 Å². The zero-order chi connectivity index (χ0) is 15.8. The molecule has 4 nitrogen and oxygen atoms in total. The lowest BCUT2D eigenvalue weighted by molar-refractivity contribution is 0.596. The number of anilines is 2. The first kappa shape index (κ1) is 15.5. The van der Waals surface area contributed by atoms with E-state index in [1.165, 1.54) is 19.1 Å². The van der Waals surface area contributed by atoms with E-state index in [9.17, 15) is 17.2 Å². The Morgan fingerprint density at radius 1 is 1.14 bits per heavy atom. The lowest BCUT2D eigenvalue weighted by Gasteiger charge is -2.12. The van der Waals surface area contributed by atoms with Crippen LogP contribution in [-0.4, -0.2) is 8.42 Å². The Bertz CT molecular complexity index is 810. The summed E-state index contributed by atoms with van der Waals surface area (Å²) in [7, 11) is -4.10. The van der Waals surface area contributed by atoms with Crippen LogP contribution in [-0.2, 0) is 10.0 Å². The van der Waals surface area contributed by atoms with E-state index in [1.54, 1.807) is 0 Å². The number of halogens is 3. The maximum absolute atomic E-state index is 13.6. The number of hydrogen-bond acceptors (Lipinski definition) is 3. The molecule has 0 atom stereocenters. The SMILES string of the molecule is Cc1cc(F)c(N)cc1S(=O)(=O)Nc1ccc(Cl)cc1F. The van der Waals surface area contributed by atoms with Gasteiger partial charge in [-0.15, -0.1) is 0 Å². The van der Waals surface area contributed by atoms with Crippen molar-refractivity contribution in [2.24, 2.45) is 0 Å². The van der Waals surface area contributed by atoms with Gasteiger partial charge in [-0.1, -0.05) is 11.6 Å². The van der Waals surface area contributed by atoms with Crippen LogP contribution >= 0.6 is 11.6 Å². The average Bonchev–Trinajstić information content (AvgIpc) is 2.37. The van der Waals surface area contributed by atoms with Crippen molar-refractivity contribution in [3.8, 4) is 0 Å². The summed E-state index contributed by atoms with van der Waals surface area (Å²) in [5.74, 6) is -1.54. The number of nitrogen functional groups attached to an aromatic ring is 1. The highest BCUT2D eigenvalue weighted by molar-refractivity contribution is 7.92. The molecule has 0 fully saturated rings. The highest BCUT2D eigenvalue weighted by Gasteiger charge is 2.20. The van der Waals surface area contributed by atoms with Crippen LogP contribution in [0.1, 0.15) is 5.56 Å². The zero-order valence-corrected chi connectivity index (χ0v) is 12.4. The van der Waals surface area contributed by atoms with Crippen molar-refractivity contribution in [2.75, 3.05) is 10.5 Å². The third-order valence-electron chi connectivity index (χ3n) is 2.76. The normalized spacial score (nSPS) is 11.4. The maximum atomic E-state index is 13.6. The zero-order valence-electron chi connectivity index (χ0n) is 10.8. The van der Waals surface area contributed by atoms with Crippen molar-refractivity contribution in [3.05, 3.63) is 52.6 Å². The van der Waals surface area contributed by atoms with Gasteiger partial charge in [0, 0.05) is 5.02 Å². The maximum Gasteiger partial charge on any atom is 0.262 e. The lowest BCUT2D eigenvalue weighted by Crippen LogP contribution is -2.16. The summed E-state index contributed by atoms with van der Waals surface area (Å²) in [5, 5.41) is 0.137. The molecule has 2 aromatic carbocycles. The summed E-state index contributed by atoms with van der Waals surface area (Å²) in [6, 6.07) is 5.50. The summed E-state index contributed by atoms with van der Waals surface area (Å²) in [4.78, 5) is -0.226. The minimum atomic E-state index is -4.10. The van der Waals surface area contributed by atoms with Crippen LogP contribution in [0.3, 0.4) is 0 Å². The van der Waals surface area contributed by atoms with Gasteiger partial charge in [-0.3, -0.25) is 4.72 Å². The average molecular weight is 333 g/mol. The number of nitrogens with two attached hydrogens (primary N) is 1. The van der Waals surface area contributed by atoms with Gasteiger partial charge in [0.05, 0.1) is 16.3 Å². The van der Waals surface area contributed by atoms with Crippen molar-refractivity contribution in [3.63, 3.8) is 0 Å².